The first-order chi connectivity index (χ1) is 17.8. The number of thiophene rings is 1. The summed E-state index contributed by atoms with van der Waals surface area (Å²) in [5.41, 5.74) is 1.67. The Morgan fingerprint density at radius 2 is 2.00 bits per heavy atom. The molecule has 0 spiro atoms. The number of carbonyl (C=O) groups is 3. The van der Waals surface area contributed by atoms with Crippen LogP contribution in [0.2, 0.25) is 5.02 Å². The highest BCUT2D eigenvalue weighted by molar-refractivity contribution is 7.17. The van der Waals surface area contributed by atoms with Crippen molar-refractivity contribution in [3.8, 4) is 5.75 Å². The normalized spacial score (nSPS) is 17.6. The average molecular weight is 549 g/mol. The Hall–Kier alpha value is -2.82. The maximum Gasteiger partial charge on any atom is 0.410 e. The first kappa shape index (κ1) is 27.2. The van der Waals surface area contributed by atoms with Gasteiger partial charge in [-0.05, 0) is 63.4 Å². The fraction of sp³-hybridized carbons (Fsp3) is 0.500. The summed E-state index contributed by atoms with van der Waals surface area (Å²) in [7, 11) is 1.52. The van der Waals surface area contributed by atoms with Crippen LogP contribution in [0.4, 0.5) is 15.5 Å². The molecule has 1 fully saturated rings. The van der Waals surface area contributed by atoms with E-state index in [9.17, 15) is 14.4 Å². The van der Waals surface area contributed by atoms with E-state index in [0.29, 0.717) is 52.6 Å². The van der Waals surface area contributed by atoms with Crippen LogP contribution in [0.25, 0.3) is 0 Å². The van der Waals surface area contributed by atoms with Crippen molar-refractivity contribution in [1.29, 1.82) is 0 Å². The molecule has 37 heavy (non-hydrogen) atoms. The van der Waals surface area contributed by atoms with Gasteiger partial charge in [-0.1, -0.05) is 18.0 Å². The fourth-order valence-corrected chi connectivity index (χ4v) is 6.26. The number of hydrogen-bond donors (Lipinski definition) is 2. The minimum Gasteiger partial charge on any atom is -0.495 e. The Morgan fingerprint density at radius 1 is 1.19 bits per heavy atom. The molecule has 9 nitrogen and oxygen atoms in total. The van der Waals surface area contributed by atoms with E-state index in [1.807, 2.05) is 0 Å². The molecule has 0 aliphatic carbocycles. The number of likely N-dealkylation sites (tertiary alicyclic amines) is 1. The van der Waals surface area contributed by atoms with E-state index < -0.39 is 0 Å². The molecule has 1 saturated heterocycles. The molecular formula is C26H33ClN4O5S. The molecular weight excluding hydrogens is 516 g/mol. The SMILES string of the molecule is CCOC(=O)N1CCc2c(sc(NC(=O)CN3CCCCC3C)c2C(=O)Nc2cc(Cl)ccc2OC)C1. The number of nitrogens with one attached hydrogen (secondary N) is 2. The van der Waals surface area contributed by atoms with Crippen molar-refractivity contribution in [2.45, 2.75) is 52.1 Å². The van der Waals surface area contributed by atoms with Crippen LogP contribution in [0.1, 0.15) is 53.9 Å². The van der Waals surface area contributed by atoms with E-state index >= 15 is 0 Å². The summed E-state index contributed by atoms with van der Waals surface area (Å²) in [5.74, 6) is -0.0618. The smallest absolute Gasteiger partial charge is 0.410 e. The van der Waals surface area contributed by atoms with Crippen LogP contribution >= 0.6 is 22.9 Å². The quantitative estimate of drug-likeness (QED) is 0.505. The molecule has 2 aromatic rings. The number of fused-ring (bicyclic) bond motifs is 1. The number of hydrogen-bond acceptors (Lipinski definition) is 7. The van der Waals surface area contributed by atoms with Gasteiger partial charge in [0.25, 0.3) is 5.91 Å². The van der Waals surface area contributed by atoms with Crippen LogP contribution in [0.3, 0.4) is 0 Å². The first-order valence-electron chi connectivity index (χ1n) is 12.6. The van der Waals surface area contributed by atoms with E-state index in [1.54, 1.807) is 30.0 Å². The zero-order chi connectivity index (χ0) is 26.5. The summed E-state index contributed by atoms with van der Waals surface area (Å²) >= 11 is 7.48. The third-order valence-electron chi connectivity index (χ3n) is 6.76. The molecule has 3 heterocycles. The lowest BCUT2D eigenvalue weighted by Crippen LogP contribution is -2.42. The average Bonchev–Trinajstić information content (AvgIpc) is 3.22. The Kier molecular flexibility index (Phi) is 8.94. The number of carbonyl (C=O) groups excluding carboxylic acids is 3. The third kappa shape index (κ3) is 6.37. The number of amides is 3. The molecule has 2 aliphatic heterocycles. The Balaban J connectivity index is 1.61. The largest absolute Gasteiger partial charge is 0.495 e. The van der Waals surface area contributed by atoms with Gasteiger partial charge in [0.1, 0.15) is 10.8 Å². The number of anilines is 2. The molecule has 0 bridgehead atoms. The highest BCUT2D eigenvalue weighted by atomic mass is 35.5. The van der Waals surface area contributed by atoms with E-state index in [-0.39, 0.29) is 31.1 Å². The maximum atomic E-state index is 13.6. The van der Waals surface area contributed by atoms with Gasteiger partial charge in [-0.15, -0.1) is 11.3 Å². The van der Waals surface area contributed by atoms with Gasteiger partial charge in [0.05, 0.1) is 38.1 Å². The highest BCUT2D eigenvalue weighted by Gasteiger charge is 2.32. The molecule has 0 radical (unpaired) electrons. The lowest BCUT2D eigenvalue weighted by molar-refractivity contribution is -0.118. The number of halogens is 1. The second-order valence-electron chi connectivity index (χ2n) is 9.24. The minimum absolute atomic E-state index is 0.163. The number of benzene rings is 1. The Bertz CT molecular complexity index is 1170. The molecule has 11 heteroatoms. The van der Waals surface area contributed by atoms with E-state index in [4.69, 9.17) is 21.1 Å². The van der Waals surface area contributed by atoms with Crippen molar-refractivity contribution in [3.05, 3.63) is 39.2 Å². The summed E-state index contributed by atoms with van der Waals surface area (Å²) in [6.07, 6.45) is 3.40. The van der Waals surface area contributed by atoms with Crippen LogP contribution in [-0.2, 0) is 22.5 Å². The monoisotopic (exact) mass is 548 g/mol. The van der Waals surface area contributed by atoms with Crippen LogP contribution < -0.4 is 15.4 Å². The standard InChI is InChI=1S/C26H33ClN4O5S/c1-4-36-26(34)31-12-10-18-21(14-31)37-25(29-22(32)15-30-11-6-5-7-16(30)2)23(18)24(33)28-19-13-17(27)8-9-20(19)35-3/h8-9,13,16H,4-7,10-12,14-15H2,1-3H3,(H,28,33)(H,29,32). The summed E-state index contributed by atoms with van der Waals surface area (Å²) in [5, 5.41) is 6.83. The molecule has 1 aromatic carbocycles. The zero-order valence-corrected chi connectivity index (χ0v) is 23.0. The third-order valence-corrected chi connectivity index (χ3v) is 8.13. The second-order valence-corrected chi connectivity index (χ2v) is 10.8. The number of methoxy groups -OCH3 is 1. The van der Waals surface area contributed by atoms with E-state index in [1.165, 1.54) is 24.9 Å². The fourth-order valence-electron chi connectivity index (χ4n) is 4.81. The lowest BCUT2D eigenvalue weighted by Gasteiger charge is -2.32. The van der Waals surface area contributed by atoms with Crippen molar-refractivity contribution in [2.75, 3.05) is 44.0 Å². The molecule has 1 atom stereocenters. The number of rotatable bonds is 7. The van der Waals surface area contributed by atoms with Gasteiger partial charge in [-0.25, -0.2) is 4.79 Å². The summed E-state index contributed by atoms with van der Waals surface area (Å²) in [6, 6.07) is 5.32. The number of nitrogens with zero attached hydrogens (tertiary/aromatic N) is 2. The summed E-state index contributed by atoms with van der Waals surface area (Å²) < 4.78 is 10.5. The molecule has 3 amide bonds. The second kappa shape index (κ2) is 12.1. The van der Waals surface area contributed by atoms with Crippen LogP contribution in [0.5, 0.6) is 5.75 Å². The van der Waals surface area contributed by atoms with Crippen molar-refractivity contribution in [1.82, 2.24) is 9.80 Å². The van der Waals surface area contributed by atoms with Gasteiger partial charge in [-0.2, -0.15) is 0 Å². The van der Waals surface area contributed by atoms with E-state index in [2.05, 4.69) is 22.5 Å². The molecule has 1 aromatic heterocycles. The maximum absolute atomic E-state index is 13.6. The van der Waals surface area contributed by atoms with Crippen molar-refractivity contribution in [2.24, 2.45) is 0 Å². The molecule has 200 valence electrons. The van der Waals surface area contributed by atoms with Gasteiger partial charge in [0, 0.05) is 22.5 Å². The minimum atomic E-state index is -0.388. The lowest BCUT2D eigenvalue weighted by atomic mass is 10.0. The van der Waals surface area contributed by atoms with Crippen molar-refractivity contribution >= 4 is 51.5 Å². The van der Waals surface area contributed by atoms with Crippen molar-refractivity contribution in [3.63, 3.8) is 0 Å². The van der Waals surface area contributed by atoms with E-state index in [0.717, 1.165) is 29.8 Å². The van der Waals surface area contributed by atoms with Gasteiger partial charge in [0.15, 0.2) is 0 Å². The van der Waals surface area contributed by atoms with Gasteiger partial charge >= 0.3 is 6.09 Å². The van der Waals surface area contributed by atoms with Crippen LogP contribution in [0, 0.1) is 0 Å². The summed E-state index contributed by atoms with van der Waals surface area (Å²) in [6.45, 7) is 6.08. The van der Waals surface area contributed by atoms with Crippen LogP contribution in [0.15, 0.2) is 18.2 Å². The molecule has 0 saturated carbocycles. The van der Waals surface area contributed by atoms with Gasteiger partial charge in [-0.3, -0.25) is 14.5 Å². The predicted octanol–water partition coefficient (Wildman–Crippen LogP) is 4.99. The zero-order valence-electron chi connectivity index (χ0n) is 21.4. The topological polar surface area (TPSA) is 100 Å². The number of ether oxygens (including phenoxy) is 2. The number of piperidine rings is 1. The van der Waals surface area contributed by atoms with Crippen molar-refractivity contribution < 1.29 is 23.9 Å². The van der Waals surface area contributed by atoms with Gasteiger partial charge in [0.2, 0.25) is 5.91 Å². The Labute approximate surface area is 226 Å². The molecule has 4 rings (SSSR count). The molecule has 2 N–H and O–H groups in total. The van der Waals surface area contributed by atoms with Crippen LogP contribution in [-0.4, -0.2) is 67.1 Å². The summed E-state index contributed by atoms with van der Waals surface area (Å²) in [4.78, 5) is 43.7. The molecule has 1 unspecified atom stereocenters. The first-order valence-corrected chi connectivity index (χ1v) is 13.7. The highest BCUT2D eigenvalue weighted by Crippen LogP contribution is 2.38. The predicted molar refractivity (Wildman–Crippen MR) is 145 cm³/mol. The van der Waals surface area contributed by atoms with Gasteiger partial charge < -0.3 is 25.0 Å². The Morgan fingerprint density at radius 3 is 2.73 bits per heavy atom. The molecule has 2 aliphatic rings.